The Kier molecular flexibility index (Phi) is 3.94. The number of rotatable bonds is 1. The van der Waals surface area contributed by atoms with Crippen LogP contribution in [0.3, 0.4) is 0 Å². The summed E-state index contributed by atoms with van der Waals surface area (Å²) in [4.78, 5) is 0. The first-order chi connectivity index (χ1) is 11.4. The molecule has 0 spiro atoms. The van der Waals surface area contributed by atoms with Gasteiger partial charge in [0.2, 0.25) is 0 Å². The summed E-state index contributed by atoms with van der Waals surface area (Å²) in [7, 11) is 0. The Bertz CT molecular complexity index is 877. The van der Waals surface area contributed by atoms with E-state index in [9.17, 15) is 18.3 Å². The van der Waals surface area contributed by atoms with Crippen molar-refractivity contribution in [2.45, 2.75) is 6.18 Å². The minimum atomic E-state index is -4.43. The molecule has 0 saturated heterocycles. The molecule has 2 aliphatic heterocycles. The Labute approximate surface area is 141 Å². The zero-order valence-corrected chi connectivity index (χ0v) is 12.8. The van der Waals surface area contributed by atoms with Crippen LogP contribution in [0.15, 0.2) is 66.2 Å². The average molecular weight is 349 g/mol. The fraction of sp³-hybridized carbons (Fsp3) is 0.0588. The molecule has 2 heterocycles. The Morgan fingerprint density at radius 2 is 1.68 bits per heavy atom. The number of para-hydroxylation sites is 1. The molecule has 0 aliphatic carbocycles. The van der Waals surface area contributed by atoms with Gasteiger partial charge in [-0.3, -0.25) is 0 Å². The highest BCUT2D eigenvalue weighted by atomic mass is 19.4. The van der Waals surface area contributed by atoms with Crippen LogP contribution in [0.1, 0.15) is 11.1 Å². The van der Waals surface area contributed by atoms with Gasteiger partial charge in [0.25, 0.3) is 5.88 Å². The number of nitrogens with two attached hydrogens (primary N) is 1. The van der Waals surface area contributed by atoms with Crippen molar-refractivity contribution in [2.75, 3.05) is 10.0 Å². The number of fused-ring (bicyclic) bond motifs is 3. The van der Waals surface area contributed by atoms with Gasteiger partial charge in [-0.15, -0.1) is 10.5 Å². The van der Waals surface area contributed by atoms with Gasteiger partial charge >= 0.3 is 6.18 Å². The minimum Gasteiger partial charge on any atom is -0.870 e. The lowest BCUT2D eigenvalue weighted by atomic mass is 10.1. The summed E-state index contributed by atoms with van der Waals surface area (Å²) in [5, 5.41) is 13.6. The maximum Gasteiger partial charge on any atom is 0.416 e. The first-order valence-corrected chi connectivity index (χ1v) is 7.26. The number of aliphatic hydroxyl groups excluding tert-OH is 1. The molecule has 2 aliphatic rings. The Morgan fingerprint density at radius 1 is 0.920 bits per heavy atom. The third-order valence-corrected chi connectivity index (χ3v) is 4.02. The maximum atomic E-state index is 12.9. The summed E-state index contributed by atoms with van der Waals surface area (Å²) in [5.74, 6) is -0.111. The summed E-state index contributed by atoms with van der Waals surface area (Å²) in [6.07, 6.45) is -0.833. The minimum absolute atomic E-state index is 0. The molecule has 25 heavy (non-hydrogen) atoms. The van der Waals surface area contributed by atoms with Crippen molar-refractivity contribution >= 4 is 17.5 Å². The van der Waals surface area contributed by atoms with Gasteiger partial charge in [-0.2, -0.15) is 18.2 Å². The molecule has 0 amide bonds. The van der Waals surface area contributed by atoms with E-state index in [1.54, 1.807) is 16.6 Å². The lowest BCUT2D eigenvalue weighted by Gasteiger charge is -2.22. The normalized spacial score (nSPS) is 15.8. The lowest BCUT2D eigenvalue weighted by molar-refractivity contribution is -0.661. The molecular weight excluding hydrogens is 335 g/mol. The monoisotopic (exact) mass is 349 g/mol. The van der Waals surface area contributed by atoms with Crippen LogP contribution in [0.5, 0.6) is 0 Å². The topological polar surface area (TPSA) is 73.3 Å². The summed E-state index contributed by atoms with van der Waals surface area (Å²) >= 11 is 0. The second kappa shape index (κ2) is 5.83. The molecule has 0 bridgehead atoms. The molecule has 0 aromatic heterocycles. The quantitative estimate of drug-likeness (QED) is 0.777. The average Bonchev–Trinajstić information content (AvgIpc) is 2.92. The number of aliphatic hydroxyl groups is 1. The van der Waals surface area contributed by atoms with E-state index in [4.69, 9.17) is 0 Å². The van der Waals surface area contributed by atoms with Crippen LogP contribution < -0.4 is 15.6 Å². The second-order valence-corrected chi connectivity index (χ2v) is 5.50. The molecule has 0 fully saturated rings. The number of quaternary nitrogens is 1. The van der Waals surface area contributed by atoms with E-state index >= 15 is 0 Å². The maximum absolute atomic E-state index is 12.9. The van der Waals surface area contributed by atoms with Gasteiger partial charge in [0, 0.05) is 5.56 Å². The zero-order chi connectivity index (χ0) is 16.9. The number of benzene rings is 2. The SMILES string of the molecule is OC1=C2C=Cc3ccccc3N2[NH2+]N1c1cccc(C(F)(F)F)c1.[OH-]. The molecule has 2 aromatic rings. The first kappa shape index (κ1) is 16.9. The van der Waals surface area contributed by atoms with Gasteiger partial charge in [0.1, 0.15) is 11.4 Å². The first-order valence-electron chi connectivity index (χ1n) is 7.26. The van der Waals surface area contributed by atoms with Crippen LogP contribution in [0.4, 0.5) is 24.5 Å². The number of anilines is 2. The van der Waals surface area contributed by atoms with Gasteiger partial charge < -0.3 is 10.6 Å². The van der Waals surface area contributed by atoms with Gasteiger partial charge in [0.05, 0.1) is 5.56 Å². The van der Waals surface area contributed by atoms with Crippen molar-refractivity contribution in [2.24, 2.45) is 0 Å². The van der Waals surface area contributed by atoms with Crippen molar-refractivity contribution < 1.29 is 29.3 Å². The van der Waals surface area contributed by atoms with Gasteiger partial charge in [-0.25, -0.2) is 0 Å². The van der Waals surface area contributed by atoms with E-state index in [1.807, 2.05) is 30.3 Å². The standard InChI is InChI=1S/C17H12F3N3O.H2O/c18-17(19,20)12-5-3-6-13(10-12)22-16(24)15-9-8-11-4-1-2-7-14(11)23(15)21-22;/h1-10,21,24H;1H2. The van der Waals surface area contributed by atoms with E-state index in [0.29, 0.717) is 5.70 Å². The fourth-order valence-electron chi connectivity index (χ4n) is 2.85. The Hall–Kier alpha value is -2.97. The predicted octanol–water partition coefficient (Wildman–Crippen LogP) is 3.00. The number of hydrogen-bond acceptors (Lipinski definition) is 4. The van der Waals surface area contributed by atoms with Crippen LogP contribution >= 0.6 is 0 Å². The van der Waals surface area contributed by atoms with Crippen molar-refractivity contribution in [3.05, 3.63) is 77.3 Å². The van der Waals surface area contributed by atoms with E-state index in [1.165, 1.54) is 17.1 Å². The molecule has 0 radical (unpaired) electrons. The highest BCUT2D eigenvalue weighted by Crippen LogP contribution is 2.35. The lowest BCUT2D eigenvalue weighted by Crippen LogP contribution is -2.99. The molecule has 4 N–H and O–H groups in total. The summed E-state index contributed by atoms with van der Waals surface area (Å²) < 4.78 is 38.8. The predicted molar refractivity (Wildman–Crippen MR) is 85.4 cm³/mol. The van der Waals surface area contributed by atoms with Crippen LogP contribution in [0, 0.1) is 0 Å². The number of alkyl halides is 3. The van der Waals surface area contributed by atoms with E-state index < -0.39 is 11.7 Å². The van der Waals surface area contributed by atoms with E-state index in [0.717, 1.165) is 23.4 Å². The summed E-state index contributed by atoms with van der Waals surface area (Å²) in [5.41, 5.74) is 3.42. The van der Waals surface area contributed by atoms with Gasteiger partial charge in [0.15, 0.2) is 5.70 Å². The van der Waals surface area contributed by atoms with Crippen molar-refractivity contribution in [1.29, 1.82) is 0 Å². The van der Waals surface area contributed by atoms with Gasteiger partial charge in [-0.1, -0.05) is 30.3 Å². The molecule has 8 heteroatoms. The van der Waals surface area contributed by atoms with Crippen molar-refractivity contribution in [3.63, 3.8) is 0 Å². The Balaban J connectivity index is 0.00000182. The van der Waals surface area contributed by atoms with E-state index in [-0.39, 0.29) is 17.0 Å². The number of hydrogen-bond donors (Lipinski definition) is 2. The molecule has 0 unspecified atom stereocenters. The molecule has 5 nitrogen and oxygen atoms in total. The molecule has 130 valence electrons. The Morgan fingerprint density at radius 3 is 2.44 bits per heavy atom. The van der Waals surface area contributed by atoms with Gasteiger partial charge in [-0.05, 0) is 30.3 Å². The third-order valence-electron chi connectivity index (χ3n) is 4.02. The highest BCUT2D eigenvalue weighted by molar-refractivity contribution is 5.76. The van der Waals surface area contributed by atoms with Crippen LogP contribution in [-0.2, 0) is 6.18 Å². The molecular formula is C17H14F3N3O2. The number of allylic oxidation sites excluding steroid dienone is 1. The second-order valence-electron chi connectivity index (χ2n) is 5.50. The van der Waals surface area contributed by atoms with E-state index in [2.05, 4.69) is 0 Å². The number of halogens is 3. The van der Waals surface area contributed by atoms with Crippen LogP contribution in [0.2, 0.25) is 0 Å². The van der Waals surface area contributed by atoms with Crippen LogP contribution in [0.25, 0.3) is 6.08 Å². The fourth-order valence-corrected chi connectivity index (χ4v) is 2.85. The third kappa shape index (κ3) is 2.71. The zero-order valence-electron chi connectivity index (χ0n) is 12.8. The molecule has 4 rings (SSSR count). The summed E-state index contributed by atoms with van der Waals surface area (Å²) in [6.45, 7) is 0. The van der Waals surface area contributed by atoms with Crippen molar-refractivity contribution in [1.82, 2.24) is 0 Å². The summed E-state index contributed by atoms with van der Waals surface area (Å²) in [6, 6.07) is 12.5. The molecule has 2 aromatic carbocycles. The van der Waals surface area contributed by atoms with Crippen LogP contribution in [-0.4, -0.2) is 10.6 Å². The molecule has 0 atom stereocenters. The molecule has 0 saturated carbocycles. The van der Waals surface area contributed by atoms with Crippen molar-refractivity contribution in [3.8, 4) is 0 Å². The smallest absolute Gasteiger partial charge is 0.416 e. The number of nitrogens with zero attached hydrogens (tertiary/aromatic N) is 2. The highest BCUT2D eigenvalue weighted by Gasteiger charge is 2.38. The largest absolute Gasteiger partial charge is 0.870 e.